The van der Waals surface area contributed by atoms with Crippen molar-refractivity contribution in [3.63, 3.8) is 0 Å². The van der Waals surface area contributed by atoms with Crippen LogP contribution in [-0.4, -0.2) is 5.78 Å². The molecular weight excluding hydrogens is 241 g/mol. The van der Waals surface area contributed by atoms with Crippen LogP contribution in [0.15, 0.2) is 18.2 Å². The summed E-state index contributed by atoms with van der Waals surface area (Å²) in [6.45, 7) is 2.72. The van der Waals surface area contributed by atoms with Crippen LogP contribution < -0.4 is 0 Å². The van der Waals surface area contributed by atoms with Gasteiger partial charge in [0.2, 0.25) is 0 Å². The Kier molecular flexibility index (Phi) is 3.63. The van der Waals surface area contributed by atoms with E-state index in [1.165, 1.54) is 12.1 Å². The molecule has 0 saturated carbocycles. The molecule has 1 aromatic rings. The topological polar surface area (TPSA) is 17.1 Å². The Labute approximate surface area is 96.2 Å². The van der Waals surface area contributed by atoms with Gasteiger partial charge in [-0.3, -0.25) is 4.79 Å². The average molecular weight is 251 g/mol. The molecule has 1 aromatic carbocycles. The van der Waals surface area contributed by atoms with Gasteiger partial charge in [0.05, 0.1) is 5.56 Å². The molecule has 1 atom stereocenters. The van der Waals surface area contributed by atoms with Crippen molar-refractivity contribution in [3.8, 4) is 0 Å². The first-order valence-corrected chi connectivity index (χ1v) is 4.99. The van der Waals surface area contributed by atoms with E-state index in [-0.39, 0.29) is 5.56 Å². The minimum absolute atomic E-state index is 0.188. The number of hydrogen-bond acceptors (Lipinski definition) is 1. The Morgan fingerprint density at radius 1 is 1.38 bits per heavy atom. The monoisotopic (exact) mass is 250 g/mol. The Morgan fingerprint density at radius 2 is 1.94 bits per heavy atom. The van der Waals surface area contributed by atoms with Gasteiger partial charge in [0.1, 0.15) is 5.38 Å². The molecule has 5 heteroatoms. The van der Waals surface area contributed by atoms with Crippen molar-refractivity contribution >= 4 is 17.4 Å². The number of aryl methyl sites for hydroxylation is 1. The fourth-order valence-electron chi connectivity index (χ4n) is 1.36. The van der Waals surface area contributed by atoms with E-state index in [2.05, 4.69) is 0 Å². The Balaban J connectivity index is 3.34. The van der Waals surface area contributed by atoms with E-state index >= 15 is 0 Å². The van der Waals surface area contributed by atoms with E-state index in [1.807, 2.05) is 0 Å². The molecule has 0 aromatic heterocycles. The summed E-state index contributed by atoms with van der Waals surface area (Å²) in [6, 6.07) is 3.74. The van der Waals surface area contributed by atoms with Gasteiger partial charge in [0, 0.05) is 0 Å². The SMILES string of the molecule is CC(=O)C(Cl)c1ccc(C)cc1C(F)(F)F. The van der Waals surface area contributed by atoms with Crippen LogP contribution in [0, 0.1) is 6.92 Å². The zero-order chi connectivity index (χ0) is 12.5. The number of benzene rings is 1. The van der Waals surface area contributed by atoms with Crippen molar-refractivity contribution in [2.75, 3.05) is 0 Å². The minimum atomic E-state index is -4.50. The maximum Gasteiger partial charge on any atom is 0.416 e. The standard InChI is InChI=1S/C11H10ClF3O/c1-6-3-4-8(10(12)7(2)16)9(5-6)11(13,14)15/h3-5,10H,1-2H3. The molecule has 16 heavy (non-hydrogen) atoms. The molecule has 0 saturated heterocycles. The molecule has 1 rings (SSSR count). The van der Waals surface area contributed by atoms with E-state index in [9.17, 15) is 18.0 Å². The molecule has 1 unspecified atom stereocenters. The molecule has 0 heterocycles. The lowest BCUT2D eigenvalue weighted by Gasteiger charge is -2.15. The molecule has 0 aliphatic heterocycles. The summed E-state index contributed by atoms with van der Waals surface area (Å²) in [7, 11) is 0. The number of ketones is 1. The van der Waals surface area contributed by atoms with Crippen molar-refractivity contribution in [2.24, 2.45) is 0 Å². The quantitative estimate of drug-likeness (QED) is 0.728. The maximum absolute atomic E-state index is 12.7. The van der Waals surface area contributed by atoms with Gasteiger partial charge in [-0.25, -0.2) is 0 Å². The first kappa shape index (κ1) is 13.0. The van der Waals surface area contributed by atoms with Gasteiger partial charge in [-0.15, -0.1) is 11.6 Å². The number of alkyl halides is 4. The van der Waals surface area contributed by atoms with E-state index < -0.39 is 22.9 Å². The summed E-state index contributed by atoms with van der Waals surface area (Å²) in [4.78, 5) is 11.0. The highest BCUT2D eigenvalue weighted by Gasteiger charge is 2.35. The number of carbonyl (C=O) groups is 1. The van der Waals surface area contributed by atoms with Crippen molar-refractivity contribution < 1.29 is 18.0 Å². The molecule has 0 radical (unpaired) electrons. The highest BCUT2D eigenvalue weighted by atomic mass is 35.5. The van der Waals surface area contributed by atoms with Gasteiger partial charge in [0.15, 0.2) is 5.78 Å². The second kappa shape index (κ2) is 4.45. The summed E-state index contributed by atoms with van der Waals surface area (Å²) in [5.41, 5.74) is -0.557. The summed E-state index contributed by atoms with van der Waals surface area (Å²) in [6.07, 6.45) is -4.50. The van der Waals surface area contributed by atoms with Crippen LogP contribution >= 0.6 is 11.6 Å². The number of hydrogen-bond donors (Lipinski definition) is 0. The minimum Gasteiger partial charge on any atom is -0.298 e. The molecule has 0 amide bonds. The Bertz CT molecular complexity index is 412. The summed E-state index contributed by atoms with van der Waals surface area (Å²) < 4.78 is 38.0. The lowest BCUT2D eigenvalue weighted by atomic mass is 9.99. The predicted molar refractivity (Wildman–Crippen MR) is 55.5 cm³/mol. The second-order valence-electron chi connectivity index (χ2n) is 3.56. The molecule has 0 spiro atoms. The average Bonchev–Trinajstić information content (AvgIpc) is 2.15. The summed E-state index contributed by atoms with van der Waals surface area (Å²) >= 11 is 5.66. The zero-order valence-corrected chi connectivity index (χ0v) is 9.49. The number of Topliss-reactive ketones (excluding diaryl/α,β-unsaturated/α-hetero) is 1. The van der Waals surface area contributed by atoms with Gasteiger partial charge in [-0.05, 0) is 25.5 Å². The van der Waals surface area contributed by atoms with Crippen molar-refractivity contribution in [3.05, 3.63) is 34.9 Å². The second-order valence-corrected chi connectivity index (χ2v) is 4.00. The van der Waals surface area contributed by atoms with E-state index in [1.54, 1.807) is 6.92 Å². The Hall–Kier alpha value is -1.03. The molecule has 88 valence electrons. The Morgan fingerprint density at radius 3 is 2.38 bits per heavy atom. The third-order valence-corrected chi connectivity index (χ3v) is 2.69. The fourth-order valence-corrected chi connectivity index (χ4v) is 1.55. The summed E-state index contributed by atoms with van der Waals surface area (Å²) in [5, 5.41) is -1.25. The fraction of sp³-hybridized carbons (Fsp3) is 0.364. The molecule has 0 N–H and O–H groups in total. The first-order valence-electron chi connectivity index (χ1n) is 4.55. The van der Waals surface area contributed by atoms with E-state index in [0.717, 1.165) is 13.0 Å². The molecule has 1 nitrogen and oxygen atoms in total. The summed E-state index contributed by atoms with van der Waals surface area (Å²) in [5.74, 6) is -0.504. The van der Waals surface area contributed by atoms with E-state index in [4.69, 9.17) is 11.6 Å². The van der Waals surface area contributed by atoms with Crippen molar-refractivity contribution in [2.45, 2.75) is 25.4 Å². The van der Waals surface area contributed by atoms with Crippen LogP contribution in [0.4, 0.5) is 13.2 Å². The van der Waals surface area contributed by atoms with Crippen LogP contribution in [0.3, 0.4) is 0 Å². The molecule has 0 fully saturated rings. The molecular formula is C11H10ClF3O. The highest BCUT2D eigenvalue weighted by Crippen LogP contribution is 2.37. The third-order valence-electron chi connectivity index (χ3n) is 2.14. The normalized spacial score (nSPS) is 13.6. The first-order chi connectivity index (χ1) is 7.23. The van der Waals surface area contributed by atoms with Gasteiger partial charge in [-0.2, -0.15) is 13.2 Å². The van der Waals surface area contributed by atoms with Gasteiger partial charge in [0.25, 0.3) is 0 Å². The maximum atomic E-state index is 12.7. The largest absolute Gasteiger partial charge is 0.416 e. The molecule has 0 bridgehead atoms. The molecule has 0 aliphatic carbocycles. The van der Waals surface area contributed by atoms with Crippen LogP contribution in [0.1, 0.15) is 29.0 Å². The number of halogens is 4. The van der Waals surface area contributed by atoms with Crippen LogP contribution in [0.5, 0.6) is 0 Å². The van der Waals surface area contributed by atoms with E-state index in [0.29, 0.717) is 5.56 Å². The van der Waals surface area contributed by atoms with Gasteiger partial charge in [-0.1, -0.05) is 17.7 Å². The number of rotatable bonds is 2. The van der Waals surface area contributed by atoms with Crippen LogP contribution in [0.25, 0.3) is 0 Å². The van der Waals surface area contributed by atoms with Gasteiger partial charge >= 0.3 is 6.18 Å². The zero-order valence-electron chi connectivity index (χ0n) is 8.73. The molecule has 0 aliphatic rings. The van der Waals surface area contributed by atoms with Crippen LogP contribution in [0.2, 0.25) is 0 Å². The van der Waals surface area contributed by atoms with Crippen molar-refractivity contribution in [1.29, 1.82) is 0 Å². The van der Waals surface area contributed by atoms with Crippen LogP contribution in [-0.2, 0) is 11.0 Å². The van der Waals surface area contributed by atoms with Gasteiger partial charge < -0.3 is 0 Å². The highest BCUT2D eigenvalue weighted by molar-refractivity contribution is 6.30. The predicted octanol–water partition coefficient (Wildman–Crippen LogP) is 3.88. The number of carbonyl (C=O) groups excluding carboxylic acids is 1. The third kappa shape index (κ3) is 2.76. The van der Waals surface area contributed by atoms with Crippen molar-refractivity contribution in [1.82, 2.24) is 0 Å². The smallest absolute Gasteiger partial charge is 0.298 e. The lowest BCUT2D eigenvalue weighted by molar-refractivity contribution is -0.138. The lowest BCUT2D eigenvalue weighted by Crippen LogP contribution is -2.13.